The number of anilines is 1. The number of sulfonamides is 1. The molecular weight excluding hydrogens is 404 g/mol. The molecule has 0 aliphatic heterocycles. The number of nitrogens with zero attached hydrogens (tertiary/aromatic N) is 2. The summed E-state index contributed by atoms with van der Waals surface area (Å²) in [5, 5.41) is 11.8. The van der Waals surface area contributed by atoms with Gasteiger partial charge in [-0.15, -0.1) is 0 Å². The van der Waals surface area contributed by atoms with Crippen molar-refractivity contribution >= 4 is 21.6 Å². The second kappa shape index (κ2) is 7.90. The summed E-state index contributed by atoms with van der Waals surface area (Å²) in [7, 11) is -3.80. The zero-order valence-corrected chi connectivity index (χ0v) is 16.3. The zero-order chi connectivity index (χ0) is 21.1. The van der Waals surface area contributed by atoms with Gasteiger partial charge in [0.25, 0.3) is 11.8 Å². The van der Waals surface area contributed by atoms with Gasteiger partial charge in [-0.3, -0.25) is 4.79 Å². The van der Waals surface area contributed by atoms with Crippen LogP contribution in [0.4, 0.5) is 5.69 Å². The number of nitrogens with one attached hydrogen (secondary N) is 1. The van der Waals surface area contributed by atoms with Gasteiger partial charge < -0.3 is 9.84 Å². The number of amides is 1. The minimum absolute atomic E-state index is 0.0415. The fourth-order valence-electron chi connectivity index (χ4n) is 2.83. The summed E-state index contributed by atoms with van der Waals surface area (Å²) in [6.45, 7) is 0. The largest absolute Gasteiger partial charge is 0.334 e. The van der Waals surface area contributed by atoms with E-state index < -0.39 is 15.9 Å². The average molecular weight is 420 g/mol. The molecule has 0 spiro atoms. The van der Waals surface area contributed by atoms with Crippen LogP contribution < -0.4 is 10.5 Å². The summed E-state index contributed by atoms with van der Waals surface area (Å²) in [5.74, 6) is 0.219. The van der Waals surface area contributed by atoms with E-state index in [2.05, 4.69) is 15.5 Å². The molecule has 150 valence electrons. The van der Waals surface area contributed by atoms with Gasteiger partial charge >= 0.3 is 0 Å². The first-order valence-electron chi connectivity index (χ1n) is 8.84. The predicted octanol–water partition coefficient (Wildman–Crippen LogP) is 3.30. The fourth-order valence-corrected chi connectivity index (χ4v) is 3.35. The van der Waals surface area contributed by atoms with Crippen LogP contribution in [0.25, 0.3) is 22.8 Å². The summed E-state index contributed by atoms with van der Waals surface area (Å²) in [6.07, 6.45) is 0. The number of carbonyl (C=O) groups is 1. The summed E-state index contributed by atoms with van der Waals surface area (Å²) in [4.78, 5) is 17.2. The molecule has 1 amide bonds. The molecule has 4 rings (SSSR count). The smallest absolute Gasteiger partial charge is 0.259 e. The highest BCUT2D eigenvalue weighted by Gasteiger charge is 2.18. The Morgan fingerprint density at radius 2 is 1.57 bits per heavy atom. The van der Waals surface area contributed by atoms with E-state index in [-0.39, 0.29) is 10.8 Å². The monoisotopic (exact) mass is 420 g/mol. The van der Waals surface area contributed by atoms with Crippen molar-refractivity contribution in [3.63, 3.8) is 0 Å². The highest BCUT2D eigenvalue weighted by Crippen LogP contribution is 2.26. The van der Waals surface area contributed by atoms with Crippen LogP contribution >= 0.6 is 0 Å². The number of aromatic nitrogens is 2. The molecule has 8 nitrogen and oxygen atoms in total. The molecular formula is C21H16N4O4S. The summed E-state index contributed by atoms with van der Waals surface area (Å²) in [5.41, 5.74) is 2.02. The van der Waals surface area contributed by atoms with Crippen molar-refractivity contribution in [1.82, 2.24) is 10.1 Å². The quantitative estimate of drug-likeness (QED) is 0.510. The lowest BCUT2D eigenvalue weighted by molar-refractivity contribution is 0.102. The van der Waals surface area contributed by atoms with E-state index in [4.69, 9.17) is 9.66 Å². The Morgan fingerprint density at radius 1 is 0.900 bits per heavy atom. The molecule has 0 saturated heterocycles. The Kier molecular flexibility index (Phi) is 5.13. The first-order chi connectivity index (χ1) is 14.4. The number of nitrogens with two attached hydrogens (primary N) is 1. The van der Waals surface area contributed by atoms with E-state index in [1.54, 1.807) is 24.3 Å². The first kappa shape index (κ1) is 19.5. The van der Waals surface area contributed by atoms with Crippen LogP contribution in [0.2, 0.25) is 0 Å². The third-order valence-corrected chi connectivity index (χ3v) is 5.23. The van der Waals surface area contributed by atoms with Gasteiger partial charge in [0.05, 0.1) is 16.0 Å². The molecule has 0 unspecified atom stereocenters. The van der Waals surface area contributed by atoms with Crippen LogP contribution in [0.5, 0.6) is 0 Å². The molecule has 1 heterocycles. The van der Waals surface area contributed by atoms with Gasteiger partial charge in [-0.05, 0) is 36.4 Å². The number of rotatable bonds is 5. The molecule has 0 radical (unpaired) electrons. The van der Waals surface area contributed by atoms with Crippen molar-refractivity contribution in [2.45, 2.75) is 4.90 Å². The normalized spacial score (nSPS) is 11.2. The number of primary sulfonamides is 1. The van der Waals surface area contributed by atoms with Crippen LogP contribution in [-0.2, 0) is 10.0 Å². The van der Waals surface area contributed by atoms with E-state index in [9.17, 15) is 13.2 Å². The summed E-state index contributed by atoms with van der Waals surface area (Å²) < 4.78 is 28.1. The standard InChI is InChI=1S/C21H16N4O4S/c22-30(27,28)16-12-10-15(11-13-16)23-20(26)17-8-4-5-9-18(17)21-24-19(25-29-21)14-6-2-1-3-7-14/h1-13H,(H,23,26)(H2,22,27,28). The molecule has 30 heavy (non-hydrogen) atoms. The molecule has 0 saturated carbocycles. The molecule has 0 fully saturated rings. The maximum atomic E-state index is 12.8. The molecule has 0 atom stereocenters. The van der Waals surface area contributed by atoms with E-state index in [0.29, 0.717) is 22.6 Å². The highest BCUT2D eigenvalue weighted by atomic mass is 32.2. The number of hydrogen-bond donors (Lipinski definition) is 2. The van der Waals surface area contributed by atoms with Crippen LogP contribution in [0.3, 0.4) is 0 Å². The lowest BCUT2D eigenvalue weighted by Gasteiger charge is -2.08. The maximum Gasteiger partial charge on any atom is 0.259 e. The fraction of sp³-hybridized carbons (Fsp3) is 0. The number of carbonyl (C=O) groups excluding carboxylic acids is 1. The predicted molar refractivity (Wildman–Crippen MR) is 111 cm³/mol. The Hall–Kier alpha value is -3.82. The topological polar surface area (TPSA) is 128 Å². The van der Waals surface area contributed by atoms with Gasteiger partial charge in [0.2, 0.25) is 15.8 Å². The van der Waals surface area contributed by atoms with Crippen molar-refractivity contribution in [3.05, 3.63) is 84.4 Å². The van der Waals surface area contributed by atoms with Crippen molar-refractivity contribution in [2.24, 2.45) is 5.14 Å². The van der Waals surface area contributed by atoms with E-state index >= 15 is 0 Å². The molecule has 3 N–H and O–H groups in total. The van der Waals surface area contributed by atoms with Gasteiger partial charge in [0, 0.05) is 11.3 Å². The molecule has 0 aliphatic carbocycles. The third kappa shape index (κ3) is 4.12. The van der Waals surface area contributed by atoms with Gasteiger partial charge in [-0.25, -0.2) is 13.6 Å². The van der Waals surface area contributed by atoms with Gasteiger partial charge in [0.15, 0.2) is 0 Å². The van der Waals surface area contributed by atoms with Gasteiger partial charge in [-0.2, -0.15) is 4.98 Å². The Morgan fingerprint density at radius 3 is 2.27 bits per heavy atom. The van der Waals surface area contributed by atoms with Crippen molar-refractivity contribution < 1.29 is 17.7 Å². The summed E-state index contributed by atoms with van der Waals surface area (Å²) >= 11 is 0. The van der Waals surface area contributed by atoms with Crippen molar-refractivity contribution in [3.8, 4) is 22.8 Å². The molecule has 1 aromatic heterocycles. The SMILES string of the molecule is NS(=O)(=O)c1ccc(NC(=O)c2ccccc2-c2nc(-c3ccccc3)no2)cc1. The van der Waals surface area contributed by atoms with Crippen LogP contribution in [0, 0.1) is 0 Å². The minimum atomic E-state index is -3.80. The third-order valence-electron chi connectivity index (χ3n) is 4.30. The Labute approximate surface area is 172 Å². The maximum absolute atomic E-state index is 12.8. The summed E-state index contributed by atoms with van der Waals surface area (Å²) in [6, 6.07) is 21.7. The second-order valence-electron chi connectivity index (χ2n) is 6.36. The van der Waals surface area contributed by atoms with Crippen LogP contribution in [0.1, 0.15) is 10.4 Å². The molecule has 4 aromatic rings. The first-order valence-corrected chi connectivity index (χ1v) is 10.4. The van der Waals surface area contributed by atoms with Crippen LogP contribution in [0.15, 0.2) is 88.3 Å². The van der Waals surface area contributed by atoms with Crippen molar-refractivity contribution in [2.75, 3.05) is 5.32 Å². The second-order valence-corrected chi connectivity index (χ2v) is 7.92. The number of benzene rings is 3. The average Bonchev–Trinajstić information content (AvgIpc) is 3.24. The lowest BCUT2D eigenvalue weighted by Crippen LogP contribution is -2.14. The van der Waals surface area contributed by atoms with Crippen LogP contribution in [-0.4, -0.2) is 24.5 Å². The van der Waals surface area contributed by atoms with E-state index in [1.807, 2.05) is 30.3 Å². The number of hydrogen-bond acceptors (Lipinski definition) is 6. The van der Waals surface area contributed by atoms with Gasteiger partial charge in [-0.1, -0.05) is 47.6 Å². The Bertz CT molecular complexity index is 1300. The molecule has 0 aliphatic rings. The molecule has 0 bridgehead atoms. The van der Waals surface area contributed by atoms with E-state index in [0.717, 1.165) is 5.56 Å². The Balaban J connectivity index is 1.61. The zero-order valence-electron chi connectivity index (χ0n) is 15.5. The minimum Gasteiger partial charge on any atom is -0.334 e. The van der Waals surface area contributed by atoms with Gasteiger partial charge in [0.1, 0.15) is 0 Å². The van der Waals surface area contributed by atoms with Crippen molar-refractivity contribution in [1.29, 1.82) is 0 Å². The van der Waals surface area contributed by atoms with E-state index in [1.165, 1.54) is 24.3 Å². The highest BCUT2D eigenvalue weighted by molar-refractivity contribution is 7.89. The molecule has 3 aromatic carbocycles. The lowest BCUT2D eigenvalue weighted by atomic mass is 10.1. The molecule has 9 heteroatoms.